The van der Waals surface area contributed by atoms with E-state index in [1.54, 1.807) is 18.2 Å². The van der Waals surface area contributed by atoms with Crippen molar-refractivity contribution < 1.29 is 19.6 Å². The summed E-state index contributed by atoms with van der Waals surface area (Å²) in [4.78, 5) is 10.1. The number of aliphatic hydroxyl groups is 1. The molecule has 0 aliphatic carbocycles. The van der Waals surface area contributed by atoms with Crippen LogP contribution < -0.4 is 9.67 Å². The Bertz CT molecular complexity index is 508. The average Bonchev–Trinajstić information content (AvgIpc) is 2.85. The van der Waals surface area contributed by atoms with E-state index in [1.165, 1.54) is 12.1 Å². The van der Waals surface area contributed by atoms with Crippen LogP contribution in [0.5, 0.6) is 0 Å². The van der Waals surface area contributed by atoms with Gasteiger partial charge in [-0.15, -0.1) is 0 Å². The van der Waals surface area contributed by atoms with Gasteiger partial charge in [-0.2, -0.15) is 0 Å². The van der Waals surface area contributed by atoms with E-state index in [-0.39, 0.29) is 0 Å². The summed E-state index contributed by atoms with van der Waals surface area (Å²) in [6.45, 7) is 3.18. The summed E-state index contributed by atoms with van der Waals surface area (Å²) in [5, 5.41) is 19.1. The fraction of sp³-hybridized carbons (Fsp3) is 0.286. The van der Waals surface area contributed by atoms with Gasteiger partial charge < -0.3 is 15.0 Å². The number of nitrogens with zero attached hydrogens (tertiary/aromatic N) is 2. The maximum absolute atomic E-state index is 10.1. The number of carbonyl (C=O) groups is 1. The molecular formula is C14H18N2O3. The van der Waals surface area contributed by atoms with E-state index in [0.717, 1.165) is 6.54 Å². The molecule has 0 saturated heterocycles. The van der Waals surface area contributed by atoms with Crippen LogP contribution in [0.1, 0.15) is 18.6 Å². The maximum atomic E-state index is 10.1. The van der Waals surface area contributed by atoms with E-state index in [2.05, 4.69) is 24.0 Å². The van der Waals surface area contributed by atoms with Crippen LogP contribution in [0.4, 0.5) is 0 Å². The van der Waals surface area contributed by atoms with E-state index in [1.807, 2.05) is 17.8 Å². The first kappa shape index (κ1) is 14.9. The molecule has 1 aromatic heterocycles. The molecule has 1 heterocycles. The van der Waals surface area contributed by atoms with Gasteiger partial charge in [0.15, 0.2) is 0 Å². The first-order valence-electron chi connectivity index (χ1n) is 5.99. The summed E-state index contributed by atoms with van der Waals surface area (Å²) >= 11 is 0. The zero-order valence-corrected chi connectivity index (χ0v) is 11.1. The fourth-order valence-corrected chi connectivity index (χ4v) is 1.46. The molecule has 0 aliphatic heterocycles. The van der Waals surface area contributed by atoms with Crippen LogP contribution in [0.15, 0.2) is 49.1 Å². The number of imidazole rings is 1. The number of carboxylic acid groups (broad SMARTS) is 1. The van der Waals surface area contributed by atoms with Gasteiger partial charge in [-0.05, 0) is 12.5 Å². The Hall–Kier alpha value is -2.14. The lowest BCUT2D eigenvalue weighted by Crippen LogP contribution is -2.29. The molecule has 0 amide bonds. The molecule has 19 heavy (non-hydrogen) atoms. The zero-order valence-electron chi connectivity index (χ0n) is 11.1. The van der Waals surface area contributed by atoms with Gasteiger partial charge in [-0.25, -0.2) is 9.13 Å². The Kier molecular flexibility index (Phi) is 5.75. The Balaban J connectivity index is 0.000000200. The molecule has 5 heteroatoms. The third-order valence-corrected chi connectivity index (χ3v) is 2.53. The minimum absolute atomic E-state index is 0.340. The molecular weight excluding hydrogens is 244 g/mol. The summed E-state index contributed by atoms with van der Waals surface area (Å²) in [5.74, 6) is -1.48. The average molecular weight is 262 g/mol. The lowest BCUT2D eigenvalue weighted by molar-refractivity contribution is -0.671. The summed E-state index contributed by atoms with van der Waals surface area (Å²) in [7, 11) is 2.02. The first-order valence-corrected chi connectivity index (χ1v) is 5.99. The van der Waals surface area contributed by atoms with Gasteiger partial charge in [0, 0.05) is 0 Å². The topological polar surface area (TPSA) is 69.2 Å². The van der Waals surface area contributed by atoms with Gasteiger partial charge in [0.1, 0.15) is 18.5 Å². The van der Waals surface area contributed by atoms with Crippen molar-refractivity contribution in [3.8, 4) is 0 Å². The van der Waals surface area contributed by atoms with Crippen LogP contribution in [0.3, 0.4) is 0 Å². The number of carboxylic acids is 1. The van der Waals surface area contributed by atoms with Crippen LogP contribution >= 0.6 is 0 Å². The lowest BCUT2D eigenvalue weighted by atomic mass is 10.1. The van der Waals surface area contributed by atoms with Crippen molar-refractivity contribution in [1.82, 2.24) is 4.57 Å². The van der Waals surface area contributed by atoms with E-state index in [0.29, 0.717) is 5.56 Å². The van der Waals surface area contributed by atoms with Crippen molar-refractivity contribution in [2.45, 2.75) is 19.6 Å². The van der Waals surface area contributed by atoms with Gasteiger partial charge >= 0.3 is 0 Å². The molecule has 2 rings (SSSR count). The van der Waals surface area contributed by atoms with Crippen LogP contribution in [0.25, 0.3) is 0 Å². The molecule has 1 unspecified atom stereocenters. The number of aromatic nitrogens is 2. The molecule has 0 fully saturated rings. The number of carbonyl (C=O) groups excluding carboxylic acids is 1. The summed E-state index contributed by atoms with van der Waals surface area (Å²) in [6, 6.07) is 8.11. The van der Waals surface area contributed by atoms with E-state index in [4.69, 9.17) is 5.11 Å². The maximum Gasteiger partial charge on any atom is 0.243 e. The summed E-state index contributed by atoms with van der Waals surface area (Å²) < 4.78 is 4.16. The monoisotopic (exact) mass is 262 g/mol. The normalized spacial score (nSPS) is 11.3. The second-order valence-corrected chi connectivity index (χ2v) is 4.04. The highest BCUT2D eigenvalue weighted by atomic mass is 16.4. The highest BCUT2D eigenvalue weighted by molar-refractivity contribution is 5.71. The molecule has 1 aromatic carbocycles. The van der Waals surface area contributed by atoms with E-state index < -0.39 is 12.1 Å². The van der Waals surface area contributed by atoms with Gasteiger partial charge in [0.25, 0.3) is 0 Å². The van der Waals surface area contributed by atoms with Crippen LogP contribution in [-0.2, 0) is 18.4 Å². The lowest BCUT2D eigenvalue weighted by Gasteiger charge is -2.10. The highest BCUT2D eigenvalue weighted by Crippen LogP contribution is 2.09. The predicted molar refractivity (Wildman–Crippen MR) is 67.7 cm³/mol. The van der Waals surface area contributed by atoms with Crippen LogP contribution in [-0.4, -0.2) is 15.6 Å². The molecule has 0 bridgehead atoms. The molecule has 1 atom stereocenters. The summed E-state index contributed by atoms with van der Waals surface area (Å²) in [5.41, 5.74) is 0.340. The standard InChI is InChI=1S/C8H8O3.C6H11N2/c9-7(8(10)11)6-4-2-1-3-5-6;1-3-8-5-4-7(2)6-8/h1-5,7,9H,(H,10,11);4-6H,3H2,1-2H3/q;+1/p-1. The van der Waals surface area contributed by atoms with Crippen molar-refractivity contribution in [2.24, 2.45) is 7.05 Å². The predicted octanol–water partition coefficient (Wildman–Crippen LogP) is -0.198. The van der Waals surface area contributed by atoms with Gasteiger partial charge in [0.2, 0.25) is 6.33 Å². The largest absolute Gasteiger partial charge is 0.547 e. The SMILES string of the molecule is CCn1cc[n+](C)c1.O=C([O-])C(O)c1ccccc1. The van der Waals surface area contributed by atoms with E-state index >= 15 is 0 Å². The molecule has 5 nitrogen and oxygen atoms in total. The third kappa shape index (κ3) is 4.93. The molecule has 0 spiro atoms. The Morgan fingerprint density at radius 1 is 1.42 bits per heavy atom. The van der Waals surface area contributed by atoms with Crippen molar-refractivity contribution >= 4 is 5.97 Å². The molecule has 102 valence electrons. The second kappa shape index (κ2) is 7.33. The highest BCUT2D eigenvalue weighted by Gasteiger charge is 2.05. The number of hydrogen-bond acceptors (Lipinski definition) is 3. The molecule has 2 aromatic rings. The zero-order chi connectivity index (χ0) is 14.3. The van der Waals surface area contributed by atoms with Crippen LogP contribution in [0, 0.1) is 0 Å². The third-order valence-electron chi connectivity index (χ3n) is 2.53. The van der Waals surface area contributed by atoms with E-state index in [9.17, 15) is 9.90 Å². The van der Waals surface area contributed by atoms with Crippen molar-refractivity contribution in [3.05, 3.63) is 54.6 Å². The quantitative estimate of drug-likeness (QED) is 0.779. The Labute approximate surface area is 112 Å². The van der Waals surface area contributed by atoms with Crippen molar-refractivity contribution in [2.75, 3.05) is 0 Å². The van der Waals surface area contributed by atoms with Crippen LogP contribution in [0.2, 0.25) is 0 Å². The Morgan fingerprint density at radius 2 is 2.05 bits per heavy atom. The molecule has 0 radical (unpaired) electrons. The second-order valence-electron chi connectivity index (χ2n) is 4.04. The van der Waals surface area contributed by atoms with Gasteiger partial charge in [-0.1, -0.05) is 30.3 Å². The molecule has 0 saturated carbocycles. The smallest absolute Gasteiger partial charge is 0.243 e. The fourth-order valence-electron chi connectivity index (χ4n) is 1.46. The number of rotatable bonds is 3. The molecule has 0 aliphatic rings. The minimum atomic E-state index is -1.52. The number of aliphatic carboxylic acids is 1. The number of aliphatic hydroxyl groups excluding tert-OH is 1. The molecule has 1 N–H and O–H groups in total. The Morgan fingerprint density at radius 3 is 2.42 bits per heavy atom. The van der Waals surface area contributed by atoms with Gasteiger partial charge in [0.05, 0.1) is 19.6 Å². The number of benzene rings is 1. The van der Waals surface area contributed by atoms with Crippen molar-refractivity contribution in [1.29, 1.82) is 0 Å². The first-order chi connectivity index (χ1) is 9.04. The van der Waals surface area contributed by atoms with Crippen molar-refractivity contribution in [3.63, 3.8) is 0 Å². The number of aryl methyl sites for hydroxylation is 2. The number of hydrogen-bond donors (Lipinski definition) is 1. The minimum Gasteiger partial charge on any atom is -0.547 e. The van der Waals surface area contributed by atoms with Gasteiger partial charge in [-0.3, -0.25) is 0 Å². The summed E-state index contributed by atoms with van der Waals surface area (Å²) in [6.07, 6.45) is 4.62.